The molecular formula is C21H25ClN4O2. The Hall–Kier alpha value is -2.86. The van der Waals surface area contributed by atoms with Gasteiger partial charge < -0.3 is 10.6 Å². The Kier molecular flexibility index (Phi) is 7.58. The van der Waals surface area contributed by atoms with Crippen LogP contribution in [0.3, 0.4) is 0 Å². The molecule has 0 spiro atoms. The number of hydrogen-bond donors (Lipinski definition) is 3. The maximum atomic E-state index is 11.8. The van der Waals surface area contributed by atoms with E-state index >= 15 is 0 Å². The Bertz CT molecular complexity index is 896. The number of aryl methyl sites for hydroxylation is 2. The Morgan fingerprint density at radius 3 is 2.57 bits per heavy atom. The highest BCUT2D eigenvalue weighted by Gasteiger charge is 2.14. The molecule has 0 saturated carbocycles. The largest absolute Gasteiger partial charge is 0.355 e. The first-order valence-electron chi connectivity index (χ1n) is 9.08. The summed E-state index contributed by atoms with van der Waals surface area (Å²) in [6, 6.07) is 11.4. The summed E-state index contributed by atoms with van der Waals surface area (Å²) >= 11 is 6.10. The average Bonchev–Trinajstić information content (AvgIpc) is 2.66. The molecule has 0 aliphatic rings. The quantitative estimate of drug-likeness (QED) is 0.388. The van der Waals surface area contributed by atoms with Crippen LogP contribution in [-0.2, 0) is 9.59 Å². The van der Waals surface area contributed by atoms with Crippen molar-refractivity contribution in [1.29, 1.82) is 0 Å². The monoisotopic (exact) mass is 400 g/mol. The van der Waals surface area contributed by atoms with Gasteiger partial charge in [-0.25, -0.2) is 5.43 Å². The first-order chi connectivity index (χ1) is 13.3. The highest BCUT2D eigenvalue weighted by molar-refractivity contribution is 6.35. The fourth-order valence-electron chi connectivity index (χ4n) is 2.37. The van der Waals surface area contributed by atoms with Crippen molar-refractivity contribution in [1.82, 2.24) is 10.7 Å². The zero-order chi connectivity index (χ0) is 20.7. The molecule has 2 amide bonds. The van der Waals surface area contributed by atoms with Gasteiger partial charge in [-0.3, -0.25) is 9.59 Å². The first kappa shape index (κ1) is 21.4. The van der Waals surface area contributed by atoms with Crippen LogP contribution in [-0.4, -0.2) is 24.1 Å². The Morgan fingerprint density at radius 2 is 1.86 bits per heavy atom. The molecule has 0 saturated heterocycles. The molecule has 0 unspecified atom stereocenters. The molecule has 0 heterocycles. The standard InChI is InChI=1S/C21H25ClN4O2/c1-5-15(4)24-20(27)21(28)26-23-12-16-11-17(22)8-9-18(16)25-19-10-13(2)6-7-14(19)3/h6-12,15,25H,5H2,1-4H3,(H,24,27)(H,26,28)/b23-12-/t15-/m0/s1. The van der Waals surface area contributed by atoms with E-state index in [0.29, 0.717) is 10.6 Å². The number of hydrogen-bond acceptors (Lipinski definition) is 4. The van der Waals surface area contributed by atoms with Crippen LogP contribution in [0.2, 0.25) is 5.02 Å². The third-order valence-electron chi connectivity index (χ3n) is 4.24. The smallest absolute Gasteiger partial charge is 0.329 e. The minimum atomic E-state index is -0.817. The lowest BCUT2D eigenvalue weighted by Crippen LogP contribution is -2.41. The van der Waals surface area contributed by atoms with Crippen LogP contribution in [0.5, 0.6) is 0 Å². The predicted molar refractivity (Wildman–Crippen MR) is 114 cm³/mol. The minimum absolute atomic E-state index is 0.0801. The lowest BCUT2D eigenvalue weighted by Gasteiger charge is -2.13. The van der Waals surface area contributed by atoms with Gasteiger partial charge in [-0.05, 0) is 62.6 Å². The second kappa shape index (κ2) is 9.90. The molecule has 0 fully saturated rings. The molecule has 2 rings (SSSR count). The first-order valence-corrected chi connectivity index (χ1v) is 9.45. The summed E-state index contributed by atoms with van der Waals surface area (Å²) in [5.41, 5.74) is 6.89. The maximum Gasteiger partial charge on any atom is 0.329 e. The third-order valence-corrected chi connectivity index (χ3v) is 4.48. The van der Waals surface area contributed by atoms with Crippen LogP contribution in [0.25, 0.3) is 0 Å². The topological polar surface area (TPSA) is 82.6 Å². The van der Waals surface area contributed by atoms with Gasteiger partial charge in [0.1, 0.15) is 0 Å². The van der Waals surface area contributed by atoms with Crippen molar-refractivity contribution in [3.05, 3.63) is 58.1 Å². The minimum Gasteiger partial charge on any atom is -0.355 e. The molecule has 0 radical (unpaired) electrons. The number of anilines is 2. The molecule has 2 aromatic rings. The highest BCUT2D eigenvalue weighted by atomic mass is 35.5. The zero-order valence-electron chi connectivity index (χ0n) is 16.5. The average molecular weight is 401 g/mol. The Labute approximate surface area is 170 Å². The van der Waals surface area contributed by atoms with E-state index in [-0.39, 0.29) is 6.04 Å². The van der Waals surface area contributed by atoms with Gasteiger partial charge in [-0.15, -0.1) is 0 Å². The Morgan fingerprint density at radius 1 is 1.11 bits per heavy atom. The Balaban J connectivity index is 2.14. The summed E-state index contributed by atoms with van der Waals surface area (Å²) in [6.45, 7) is 7.78. The molecule has 0 bridgehead atoms. The lowest BCUT2D eigenvalue weighted by atomic mass is 10.1. The van der Waals surface area contributed by atoms with Crippen molar-refractivity contribution in [3.63, 3.8) is 0 Å². The third kappa shape index (κ3) is 6.09. The number of nitrogens with zero attached hydrogens (tertiary/aromatic N) is 1. The van der Waals surface area contributed by atoms with Crippen molar-refractivity contribution in [3.8, 4) is 0 Å². The van der Waals surface area contributed by atoms with E-state index in [4.69, 9.17) is 11.6 Å². The van der Waals surface area contributed by atoms with Gasteiger partial charge in [-0.1, -0.05) is 30.7 Å². The molecule has 2 aromatic carbocycles. The number of amides is 2. The van der Waals surface area contributed by atoms with Crippen LogP contribution in [0, 0.1) is 13.8 Å². The van der Waals surface area contributed by atoms with Gasteiger partial charge in [0.25, 0.3) is 0 Å². The van der Waals surface area contributed by atoms with Crippen molar-refractivity contribution < 1.29 is 9.59 Å². The number of rotatable bonds is 6. The summed E-state index contributed by atoms with van der Waals surface area (Å²) < 4.78 is 0. The maximum absolute atomic E-state index is 11.8. The predicted octanol–water partition coefficient (Wildman–Crippen LogP) is 4.07. The zero-order valence-corrected chi connectivity index (χ0v) is 17.2. The number of benzene rings is 2. The van der Waals surface area contributed by atoms with E-state index in [1.54, 1.807) is 12.1 Å². The summed E-state index contributed by atoms with van der Waals surface area (Å²) in [5.74, 6) is -1.53. The fraction of sp³-hybridized carbons (Fsp3) is 0.286. The highest BCUT2D eigenvalue weighted by Crippen LogP contribution is 2.26. The molecule has 1 atom stereocenters. The second-order valence-electron chi connectivity index (χ2n) is 6.66. The number of nitrogens with one attached hydrogen (secondary N) is 3. The fourth-order valence-corrected chi connectivity index (χ4v) is 2.55. The summed E-state index contributed by atoms with van der Waals surface area (Å²) in [5, 5.41) is 10.4. The molecule has 0 aromatic heterocycles. The van der Waals surface area contributed by atoms with Gasteiger partial charge in [0.2, 0.25) is 0 Å². The van der Waals surface area contributed by atoms with E-state index in [1.807, 2.05) is 52.0 Å². The van der Waals surface area contributed by atoms with E-state index in [2.05, 4.69) is 21.2 Å². The summed E-state index contributed by atoms with van der Waals surface area (Å²) in [4.78, 5) is 23.6. The SMILES string of the molecule is CC[C@H](C)NC(=O)C(=O)N/N=C\c1cc(Cl)ccc1Nc1cc(C)ccc1C. The van der Waals surface area contributed by atoms with E-state index < -0.39 is 11.8 Å². The molecule has 28 heavy (non-hydrogen) atoms. The molecule has 6 nitrogen and oxygen atoms in total. The molecule has 3 N–H and O–H groups in total. The number of halogens is 1. The second-order valence-corrected chi connectivity index (χ2v) is 7.09. The van der Waals surface area contributed by atoms with Gasteiger partial charge in [0.15, 0.2) is 0 Å². The van der Waals surface area contributed by atoms with Gasteiger partial charge in [0, 0.05) is 28.0 Å². The molecular weight excluding hydrogens is 376 g/mol. The molecule has 0 aliphatic heterocycles. The number of hydrazone groups is 1. The van der Waals surface area contributed by atoms with Crippen LogP contribution >= 0.6 is 11.6 Å². The van der Waals surface area contributed by atoms with Crippen molar-refractivity contribution >= 4 is 41.0 Å². The van der Waals surface area contributed by atoms with E-state index in [9.17, 15) is 9.59 Å². The van der Waals surface area contributed by atoms with Crippen molar-refractivity contribution in [2.45, 2.75) is 40.2 Å². The van der Waals surface area contributed by atoms with Gasteiger partial charge in [-0.2, -0.15) is 5.10 Å². The van der Waals surface area contributed by atoms with E-state index in [1.165, 1.54) is 6.21 Å². The summed E-state index contributed by atoms with van der Waals surface area (Å²) in [7, 11) is 0. The van der Waals surface area contributed by atoms with Crippen LogP contribution in [0.15, 0.2) is 41.5 Å². The summed E-state index contributed by atoms with van der Waals surface area (Å²) in [6.07, 6.45) is 2.19. The van der Waals surface area contributed by atoms with Crippen molar-refractivity contribution in [2.75, 3.05) is 5.32 Å². The molecule has 0 aliphatic carbocycles. The lowest BCUT2D eigenvalue weighted by molar-refractivity contribution is -0.139. The van der Waals surface area contributed by atoms with Crippen molar-refractivity contribution in [2.24, 2.45) is 5.10 Å². The van der Waals surface area contributed by atoms with Gasteiger partial charge >= 0.3 is 11.8 Å². The molecule has 148 valence electrons. The molecule has 7 heteroatoms. The van der Waals surface area contributed by atoms with Crippen LogP contribution in [0.4, 0.5) is 11.4 Å². The van der Waals surface area contributed by atoms with Crippen LogP contribution < -0.4 is 16.1 Å². The van der Waals surface area contributed by atoms with Gasteiger partial charge in [0.05, 0.1) is 6.21 Å². The van der Waals surface area contributed by atoms with Crippen LogP contribution in [0.1, 0.15) is 37.0 Å². The normalized spacial score (nSPS) is 11.9. The number of carbonyl (C=O) groups is 2. The number of carbonyl (C=O) groups excluding carboxylic acids is 2. The van der Waals surface area contributed by atoms with E-state index in [0.717, 1.165) is 28.9 Å².